The standard InChI is InChI=1S/C14H13FN2O/c15-13-7-4-9-17(11-13)10-8-16-14(18)12-5-2-1-3-6-12/h1-7,9,11H,8,10H2/p+1. The van der Waals surface area contributed by atoms with E-state index in [0.29, 0.717) is 18.7 Å². The minimum absolute atomic E-state index is 0.118. The molecule has 1 heterocycles. The topological polar surface area (TPSA) is 33.0 Å². The molecule has 0 saturated carbocycles. The summed E-state index contributed by atoms with van der Waals surface area (Å²) in [6.07, 6.45) is 3.16. The highest BCUT2D eigenvalue weighted by atomic mass is 19.1. The van der Waals surface area contributed by atoms with E-state index in [1.54, 1.807) is 29.0 Å². The van der Waals surface area contributed by atoms with Crippen LogP contribution in [0.1, 0.15) is 10.4 Å². The third kappa shape index (κ3) is 3.38. The van der Waals surface area contributed by atoms with Gasteiger partial charge >= 0.3 is 0 Å². The second-order valence-corrected chi connectivity index (χ2v) is 3.88. The van der Waals surface area contributed by atoms with Crippen molar-refractivity contribution in [2.24, 2.45) is 0 Å². The van der Waals surface area contributed by atoms with Crippen LogP contribution in [-0.2, 0) is 6.54 Å². The Morgan fingerprint density at radius 1 is 1.17 bits per heavy atom. The van der Waals surface area contributed by atoms with E-state index in [0.717, 1.165) is 0 Å². The predicted molar refractivity (Wildman–Crippen MR) is 65.4 cm³/mol. The minimum atomic E-state index is -0.285. The molecule has 1 aromatic heterocycles. The van der Waals surface area contributed by atoms with Crippen LogP contribution >= 0.6 is 0 Å². The van der Waals surface area contributed by atoms with Gasteiger partial charge in [-0.05, 0) is 18.2 Å². The second-order valence-electron chi connectivity index (χ2n) is 3.88. The quantitative estimate of drug-likeness (QED) is 0.814. The SMILES string of the molecule is O=C(NCC[n+]1cccc(F)c1)c1ccccc1. The normalized spacial score (nSPS) is 10.1. The zero-order valence-electron chi connectivity index (χ0n) is 9.84. The Labute approximate surface area is 105 Å². The predicted octanol–water partition coefficient (Wildman–Crippen LogP) is 1.54. The fourth-order valence-electron chi connectivity index (χ4n) is 1.62. The van der Waals surface area contributed by atoms with Crippen molar-refractivity contribution in [2.75, 3.05) is 6.54 Å². The van der Waals surface area contributed by atoms with Gasteiger partial charge in [0.15, 0.2) is 18.6 Å². The van der Waals surface area contributed by atoms with Gasteiger partial charge in [0.1, 0.15) is 0 Å². The Kier molecular flexibility index (Phi) is 4.02. The summed E-state index contributed by atoms with van der Waals surface area (Å²) in [5.41, 5.74) is 0.627. The summed E-state index contributed by atoms with van der Waals surface area (Å²) in [6.45, 7) is 0.998. The molecule has 18 heavy (non-hydrogen) atoms. The Hall–Kier alpha value is -2.23. The molecule has 0 unspecified atom stereocenters. The maximum Gasteiger partial charge on any atom is 0.251 e. The first-order chi connectivity index (χ1) is 8.75. The molecule has 0 aliphatic carbocycles. The highest BCUT2D eigenvalue weighted by Crippen LogP contribution is 1.97. The number of carbonyl (C=O) groups excluding carboxylic acids is 1. The van der Waals surface area contributed by atoms with Gasteiger partial charge in [-0.3, -0.25) is 4.79 Å². The van der Waals surface area contributed by atoms with E-state index in [2.05, 4.69) is 5.32 Å². The van der Waals surface area contributed by atoms with Crippen LogP contribution in [0, 0.1) is 5.82 Å². The third-order valence-electron chi connectivity index (χ3n) is 2.51. The summed E-state index contributed by atoms with van der Waals surface area (Å²) in [6, 6.07) is 12.0. The molecule has 2 rings (SSSR count). The zero-order valence-corrected chi connectivity index (χ0v) is 9.84. The van der Waals surface area contributed by atoms with E-state index in [1.807, 2.05) is 18.2 Å². The van der Waals surface area contributed by atoms with E-state index in [9.17, 15) is 9.18 Å². The molecular formula is C14H14FN2O+. The van der Waals surface area contributed by atoms with Crippen LogP contribution in [0.25, 0.3) is 0 Å². The van der Waals surface area contributed by atoms with Crippen molar-refractivity contribution in [3.8, 4) is 0 Å². The third-order valence-corrected chi connectivity index (χ3v) is 2.51. The lowest BCUT2D eigenvalue weighted by Gasteiger charge is -2.02. The summed E-state index contributed by atoms with van der Waals surface area (Å²) < 4.78 is 14.6. The van der Waals surface area contributed by atoms with Crippen molar-refractivity contribution in [3.63, 3.8) is 0 Å². The number of rotatable bonds is 4. The van der Waals surface area contributed by atoms with Gasteiger partial charge in [-0.25, -0.2) is 8.96 Å². The number of nitrogens with one attached hydrogen (secondary N) is 1. The van der Waals surface area contributed by atoms with Crippen LogP contribution in [0.2, 0.25) is 0 Å². The molecule has 4 heteroatoms. The fourth-order valence-corrected chi connectivity index (χ4v) is 1.62. The summed E-state index contributed by atoms with van der Waals surface area (Å²) in [4.78, 5) is 11.7. The van der Waals surface area contributed by atoms with Gasteiger partial charge in [0, 0.05) is 11.6 Å². The number of aromatic nitrogens is 1. The van der Waals surface area contributed by atoms with Crippen LogP contribution in [0.15, 0.2) is 54.9 Å². The van der Waals surface area contributed by atoms with Crippen molar-refractivity contribution < 1.29 is 13.8 Å². The Morgan fingerprint density at radius 2 is 1.94 bits per heavy atom. The molecule has 0 saturated heterocycles. The summed E-state index contributed by atoms with van der Waals surface area (Å²) >= 11 is 0. The molecule has 2 aromatic rings. The molecule has 0 spiro atoms. The van der Waals surface area contributed by atoms with Gasteiger partial charge in [0.2, 0.25) is 6.20 Å². The lowest BCUT2D eigenvalue weighted by molar-refractivity contribution is -0.696. The van der Waals surface area contributed by atoms with Crippen molar-refractivity contribution in [1.82, 2.24) is 5.32 Å². The first-order valence-corrected chi connectivity index (χ1v) is 5.73. The first-order valence-electron chi connectivity index (χ1n) is 5.73. The van der Waals surface area contributed by atoms with Crippen molar-refractivity contribution in [2.45, 2.75) is 6.54 Å². The molecule has 0 radical (unpaired) electrons. The second kappa shape index (κ2) is 5.91. The number of nitrogens with zero attached hydrogens (tertiary/aromatic N) is 1. The van der Waals surface area contributed by atoms with Crippen LogP contribution < -0.4 is 9.88 Å². The Morgan fingerprint density at radius 3 is 2.67 bits per heavy atom. The molecular weight excluding hydrogens is 231 g/mol. The van der Waals surface area contributed by atoms with Gasteiger partial charge in [-0.15, -0.1) is 0 Å². The van der Waals surface area contributed by atoms with Gasteiger partial charge in [-0.1, -0.05) is 18.2 Å². The smallest absolute Gasteiger partial charge is 0.251 e. The van der Waals surface area contributed by atoms with Crippen molar-refractivity contribution >= 4 is 5.91 Å². The molecule has 0 aliphatic rings. The highest BCUT2D eigenvalue weighted by molar-refractivity contribution is 5.94. The van der Waals surface area contributed by atoms with E-state index in [4.69, 9.17) is 0 Å². The van der Waals surface area contributed by atoms with Gasteiger partial charge in [0.25, 0.3) is 5.91 Å². The molecule has 0 atom stereocenters. The monoisotopic (exact) mass is 245 g/mol. The minimum Gasteiger partial charge on any atom is -0.346 e. The van der Waals surface area contributed by atoms with Crippen molar-refractivity contribution in [3.05, 3.63) is 66.2 Å². The maximum absolute atomic E-state index is 12.9. The summed E-state index contributed by atoms with van der Waals surface area (Å²) in [7, 11) is 0. The molecule has 0 fully saturated rings. The fraction of sp³-hybridized carbons (Fsp3) is 0.143. The van der Waals surface area contributed by atoms with Gasteiger partial charge < -0.3 is 5.32 Å². The van der Waals surface area contributed by atoms with Crippen LogP contribution in [0.5, 0.6) is 0 Å². The molecule has 1 N–H and O–H groups in total. The van der Waals surface area contributed by atoms with Gasteiger partial charge in [0.05, 0.1) is 6.54 Å². The molecule has 1 amide bonds. The molecule has 3 nitrogen and oxygen atoms in total. The largest absolute Gasteiger partial charge is 0.346 e. The number of halogens is 1. The van der Waals surface area contributed by atoms with E-state index >= 15 is 0 Å². The van der Waals surface area contributed by atoms with Crippen molar-refractivity contribution in [1.29, 1.82) is 0 Å². The molecule has 92 valence electrons. The number of carbonyl (C=O) groups is 1. The summed E-state index contributed by atoms with van der Waals surface area (Å²) in [5, 5.41) is 2.78. The van der Waals surface area contributed by atoms with E-state index < -0.39 is 0 Å². The first kappa shape index (κ1) is 12.2. The van der Waals surface area contributed by atoms with Crippen LogP contribution in [0.3, 0.4) is 0 Å². The number of hydrogen-bond acceptors (Lipinski definition) is 1. The Bertz CT molecular complexity index is 528. The van der Waals surface area contributed by atoms with Gasteiger partial charge in [-0.2, -0.15) is 0 Å². The average Bonchev–Trinajstić information content (AvgIpc) is 2.40. The lowest BCUT2D eigenvalue weighted by Crippen LogP contribution is -2.40. The highest BCUT2D eigenvalue weighted by Gasteiger charge is 2.06. The summed E-state index contributed by atoms with van der Waals surface area (Å²) in [5.74, 6) is -0.403. The van der Waals surface area contributed by atoms with Crippen LogP contribution in [0.4, 0.5) is 4.39 Å². The zero-order chi connectivity index (χ0) is 12.8. The van der Waals surface area contributed by atoms with E-state index in [-0.39, 0.29) is 11.7 Å². The number of hydrogen-bond donors (Lipinski definition) is 1. The number of pyridine rings is 1. The van der Waals surface area contributed by atoms with Crippen LogP contribution in [-0.4, -0.2) is 12.5 Å². The molecule has 1 aromatic carbocycles. The Balaban J connectivity index is 1.84. The number of amides is 1. The van der Waals surface area contributed by atoms with E-state index in [1.165, 1.54) is 12.3 Å². The molecule has 0 aliphatic heterocycles. The molecule has 0 bridgehead atoms. The number of benzene rings is 1. The average molecular weight is 245 g/mol. The lowest BCUT2D eigenvalue weighted by atomic mass is 10.2. The maximum atomic E-state index is 12.9.